The molecular weight excluding hydrogens is 426 g/mol. The number of carbonyl (C=O) groups is 3. The summed E-state index contributed by atoms with van der Waals surface area (Å²) < 4.78 is 5.40. The smallest absolute Gasteiger partial charge is 0.308 e. The topological polar surface area (TPSA) is 140 Å². The Morgan fingerprint density at radius 3 is 2.71 bits per heavy atom. The third-order valence-electron chi connectivity index (χ3n) is 4.72. The van der Waals surface area contributed by atoms with Crippen molar-refractivity contribution in [3.63, 3.8) is 0 Å². The van der Waals surface area contributed by atoms with Gasteiger partial charge in [-0.2, -0.15) is 0 Å². The largest absolute Gasteiger partial charge is 0.483 e. The van der Waals surface area contributed by atoms with Gasteiger partial charge in [0.25, 0.3) is 11.8 Å². The summed E-state index contributed by atoms with van der Waals surface area (Å²) in [6, 6.07) is 11.7. The van der Waals surface area contributed by atoms with E-state index in [2.05, 4.69) is 10.5 Å². The van der Waals surface area contributed by atoms with E-state index >= 15 is 0 Å². The van der Waals surface area contributed by atoms with Gasteiger partial charge in [0.2, 0.25) is 5.60 Å². The number of rotatable bonds is 8. The number of hydrogen-bond donors (Lipinski definition) is 3. The Balaban J connectivity index is 1.87. The molecule has 10 heteroatoms. The van der Waals surface area contributed by atoms with Crippen LogP contribution in [0.4, 0.5) is 5.69 Å². The molecule has 1 atom stereocenters. The van der Waals surface area contributed by atoms with E-state index in [9.17, 15) is 19.5 Å². The number of para-hydroxylation sites is 1. The van der Waals surface area contributed by atoms with Crippen LogP contribution in [0.2, 0.25) is 5.02 Å². The van der Waals surface area contributed by atoms with Gasteiger partial charge in [-0.25, -0.2) is 0 Å². The van der Waals surface area contributed by atoms with E-state index in [-0.39, 0.29) is 13.0 Å². The average molecular weight is 446 g/mol. The van der Waals surface area contributed by atoms with Crippen LogP contribution in [0.3, 0.4) is 0 Å². The molecule has 2 aromatic carbocycles. The molecular formula is C21H20ClN3O6. The number of nitrogens with one attached hydrogen (secondary N) is 1. The summed E-state index contributed by atoms with van der Waals surface area (Å²) in [7, 11) is 0. The molecule has 0 fully saturated rings. The molecule has 0 aliphatic carbocycles. The number of nitrogens with zero attached hydrogens (tertiary/aromatic N) is 1. The molecule has 0 bridgehead atoms. The maximum atomic E-state index is 13.1. The zero-order valence-corrected chi connectivity index (χ0v) is 17.3. The number of carbonyl (C=O) groups excluding carboxylic acids is 2. The standard InChI is InChI=1S/C21H20ClN3O6/c1-12-14(22)6-4-7-15(12)24-20(29)21(10-19(27)28)9-16(25-31-21)13-5-2-3-8-17(13)30-11-18(23)26/h2-8H,9-11H2,1H3,(H2,23,26)(H,24,29)(H,27,28). The fraction of sp³-hybridized carbons (Fsp3) is 0.238. The third-order valence-corrected chi connectivity index (χ3v) is 5.13. The van der Waals surface area contributed by atoms with Crippen LogP contribution in [0.25, 0.3) is 0 Å². The Bertz CT molecular complexity index is 1070. The van der Waals surface area contributed by atoms with Gasteiger partial charge in [-0.15, -0.1) is 0 Å². The molecule has 2 aromatic rings. The van der Waals surface area contributed by atoms with Crippen LogP contribution in [0, 0.1) is 6.92 Å². The number of benzene rings is 2. The molecule has 0 aromatic heterocycles. The first kappa shape index (κ1) is 22.1. The van der Waals surface area contributed by atoms with Crippen LogP contribution >= 0.6 is 11.6 Å². The maximum absolute atomic E-state index is 13.1. The minimum Gasteiger partial charge on any atom is -0.483 e. The zero-order chi connectivity index (χ0) is 22.6. The molecule has 1 aliphatic heterocycles. The van der Waals surface area contributed by atoms with Crippen molar-refractivity contribution in [3.05, 3.63) is 58.6 Å². The number of aliphatic carboxylic acids is 1. The van der Waals surface area contributed by atoms with E-state index in [1.165, 1.54) is 0 Å². The van der Waals surface area contributed by atoms with Gasteiger partial charge in [0.15, 0.2) is 6.61 Å². The highest BCUT2D eigenvalue weighted by Gasteiger charge is 2.49. The zero-order valence-electron chi connectivity index (χ0n) is 16.6. The normalized spacial score (nSPS) is 17.4. The van der Waals surface area contributed by atoms with E-state index in [0.717, 1.165) is 0 Å². The van der Waals surface area contributed by atoms with Gasteiger partial charge in [0.1, 0.15) is 5.75 Å². The molecule has 0 saturated carbocycles. The molecule has 0 radical (unpaired) electrons. The second kappa shape index (κ2) is 9.05. The number of primary amides is 1. The molecule has 3 rings (SSSR count). The van der Waals surface area contributed by atoms with Crippen LogP contribution in [-0.2, 0) is 19.2 Å². The van der Waals surface area contributed by atoms with Gasteiger partial charge in [-0.1, -0.05) is 35.0 Å². The van der Waals surface area contributed by atoms with Crippen molar-refractivity contribution in [2.24, 2.45) is 10.9 Å². The number of anilines is 1. The van der Waals surface area contributed by atoms with Crippen molar-refractivity contribution in [1.29, 1.82) is 0 Å². The fourth-order valence-electron chi connectivity index (χ4n) is 3.12. The summed E-state index contributed by atoms with van der Waals surface area (Å²) in [4.78, 5) is 41.1. The lowest BCUT2D eigenvalue weighted by Gasteiger charge is -2.24. The van der Waals surface area contributed by atoms with Crippen LogP contribution in [0.15, 0.2) is 47.6 Å². The van der Waals surface area contributed by atoms with Gasteiger partial charge in [0.05, 0.1) is 12.1 Å². The highest BCUT2D eigenvalue weighted by Crippen LogP contribution is 2.35. The third kappa shape index (κ3) is 4.95. The predicted molar refractivity (Wildman–Crippen MR) is 113 cm³/mol. The van der Waals surface area contributed by atoms with Gasteiger partial charge in [0, 0.05) is 22.7 Å². The van der Waals surface area contributed by atoms with Crippen molar-refractivity contribution in [3.8, 4) is 5.75 Å². The number of ether oxygens (including phenoxy) is 1. The summed E-state index contributed by atoms with van der Waals surface area (Å²) in [6.45, 7) is 1.38. The van der Waals surface area contributed by atoms with Crippen molar-refractivity contribution in [2.45, 2.75) is 25.4 Å². The van der Waals surface area contributed by atoms with Crippen molar-refractivity contribution < 1.29 is 29.1 Å². The van der Waals surface area contributed by atoms with Crippen molar-refractivity contribution in [2.75, 3.05) is 11.9 Å². The van der Waals surface area contributed by atoms with Crippen molar-refractivity contribution in [1.82, 2.24) is 0 Å². The van der Waals surface area contributed by atoms with Crippen LogP contribution < -0.4 is 15.8 Å². The molecule has 1 unspecified atom stereocenters. The lowest BCUT2D eigenvalue weighted by molar-refractivity contribution is -0.152. The molecule has 1 aliphatic rings. The molecule has 31 heavy (non-hydrogen) atoms. The van der Waals surface area contributed by atoms with Gasteiger partial charge in [-0.3, -0.25) is 14.4 Å². The van der Waals surface area contributed by atoms with Crippen LogP contribution in [0.1, 0.15) is 24.0 Å². The molecule has 162 valence electrons. The highest BCUT2D eigenvalue weighted by atomic mass is 35.5. The Labute approximate surface area is 182 Å². The first-order chi connectivity index (χ1) is 14.7. The summed E-state index contributed by atoms with van der Waals surface area (Å²) in [6.07, 6.45) is -0.739. The number of hydrogen-bond acceptors (Lipinski definition) is 6. The Morgan fingerprint density at radius 2 is 2.00 bits per heavy atom. The number of amides is 2. The number of carboxylic acids is 1. The van der Waals surface area contributed by atoms with Gasteiger partial charge < -0.3 is 25.7 Å². The predicted octanol–water partition coefficient (Wildman–Crippen LogP) is 2.49. The summed E-state index contributed by atoms with van der Waals surface area (Å²) in [5.74, 6) is -2.25. The Morgan fingerprint density at radius 1 is 1.26 bits per heavy atom. The minimum absolute atomic E-state index is 0.123. The SMILES string of the molecule is Cc1c(Cl)cccc1NC(=O)C1(CC(=O)O)CC(c2ccccc2OCC(N)=O)=NO1. The number of carboxylic acid groups (broad SMARTS) is 1. The molecule has 0 saturated heterocycles. The lowest BCUT2D eigenvalue weighted by Crippen LogP contribution is -2.45. The summed E-state index contributed by atoms with van der Waals surface area (Å²) in [5.41, 5.74) is 5.19. The van der Waals surface area contributed by atoms with E-state index in [1.807, 2.05) is 0 Å². The molecule has 1 heterocycles. The second-order valence-corrected chi connectivity index (χ2v) is 7.40. The number of halogens is 1. The highest BCUT2D eigenvalue weighted by molar-refractivity contribution is 6.31. The summed E-state index contributed by atoms with van der Waals surface area (Å²) >= 11 is 6.10. The second-order valence-electron chi connectivity index (χ2n) is 6.99. The minimum atomic E-state index is -1.77. The first-order valence-electron chi connectivity index (χ1n) is 9.26. The summed E-state index contributed by atoms with van der Waals surface area (Å²) in [5, 5.41) is 16.5. The molecule has 4 N–H and O–H groups in total. The Hall–Kier alpha value is -3.59. The first-order valence-corrected chi connectivity index (χ1v) is 9.63. The van der Waals surface area contributed by atoms with E-state index in [1.54, 1.807) is 49.4 Å². The van der Waals surface area contributed by atoms with E-state index in [4.69, 9.17) is 26.9 Å². The van der Waals surface area contributed by atoms with Gasteiger partial charge in [-0.05, 0) is 36.8 Å². The molecule has 2 amide bonds. The van der Waals surface area contributed by atoms with E-state index < -0.39 is 29.8 Å². The number of oxime groups is 1. The molecule has 9 nitrogen and oxygen atoms in total. The van der Waals surface area contributed by atoms with Crippen LogP contribution in [-0.4, -0.2) is 40.8 Å². The fourth-order valence-corrected chi connectivity index (χ4v) is 3.30. The lowest BCUT2D eigenvalue weighted by atomic mass is 9.89. The van der Waals surface area contributed by atoms with E-state index in [0.29, 0.717) is 33.3 Å². The van der Waals surface area contributed by atoms with Gasteiger partial charge >= 0.3 is 5.97 Å². The quantitative estimate of drug-likeness (QED) is 0.570. The Kier molecular flexibility index (Phi) is 6.45. The van der Waals surface area contributed by atoms with Crippen molar-refractivity contribution >= 4 is 40.8 Å². The molecule has 0 spiro atoms. The number of nitrogens with two attached hydrogens (primary N) is 1. The monoisotopic (exact) mass is 445 g/mol. The van der Waals surface area contributed by atoms with Crippen LogP contribution in [0.5, 0.6) is 5.75 Å². The average Bonchev–Trinajstić information content (AvgIpc) is 3.14. The maximum Gasteiger partial charge on any atom is 0.308 e.